The zero-order valence-electron chi connectivity index (χ0n) is 11.8. The summed E-state index contributed by atoms with van der Waals surface area (Å²) in [7, 11) is 0. The molecule has 0 fully saturated rings. The molecule has 0 saturated heterocycles. The van der Waals surface area contributed by atoms with E-state index in [1.165, 1.54) is 11.1 Å². The van der Waals surface area contributed by atoms with Crippen LogP contribution in [0.4, 0.5) is 0 Å². The summed E-state index contributed by atoms with van der Waals surface area (Å²) < 4.78 is 6.17. The first kappa shape index (κ1) is 12.5. The number of hydrogen-bond acceptors (Lipinski definition) is 3. The van der Waals surface area contributed by atoms with E-state index in [-0.39, 0.29) is 5.60 Å². The standard InChI is InChI=1S/C16H21NO2/c1-4-10-7-13(18)15-11-9-17-6-5-12(11)16(2,3)19-14(15)8-10/h7-8,17-18H,4-6,9H2,1-3H3. The van der Waals surface area contributed by atoms with Crippen molar-refractivity contribution in [2.24, 2.45) is 0 Å². The van der Waals surface area contributed by atoms with E-state index < -0.39 is 0 Å². The first-order valence-corrected chi connectivity index (χ1v) is 7.01. The van der Waals surface area contributed by atoms with Crippen molar-refractivity contribution in [2.75, 3.05) is 13.1 Å². The van der Waals surface area contributed by atoms with Gasteiger partial charge in [0.05, 0.1) is 5.56 Å². The molecule has 0 radical (unpaired) electrons. The fourth-order valence-corrected chi connectivity index (χ4v) is 3.17. The Kier molecular flexibility index (Phi) is 2.82. The number of benzene rings is 1. The van der Waals surface area contributed by atoms with Crippen LogP contribution in [0.2, 0.25) is 0 Å². The number of aryl methyl sites for hydroxylation is 1. The summed E-state index contributed by atoms with van der Waals surface area (Å²) in [6, 6.07) is 3.93. The van der Waals surface area contributed by atoms with Crippen molar-refractivity contribution in [1.82, 2.24) is 5.32 Å². The molecule has 1 aromatic rings. The lowest BCUT2D eigenvalue weighted by molar-refractivity contribution is 0.137. The lowest BCUT2D eigenvalue weighted by Crippen LogP contribution is -2.40. The number of phenolic OH excluding ortho intramolecular Hbond substituents is 1. The van der Waals surface area contributed by atoms with Gasteiger partial charge in [0.2, 0.25) is 0 Å². The Morgan fingerprint density at radius 3 is 2.89 bits per heavy atom. The van der Waals surface area contributed by atoms with E-state index in [1.54, 1.807) is 0 Å². The van der Waals surface area contributed by atoms with Gasteiger partial charge >= 0.3 is 0 Å². The Balaban J connectivity index is 2.23. The van der Waals surface area contributed by atoms with Crippen LogP contribution in [0.5, 0.6) is 11.5 Å². The number of rotatable bonds is 1. The minimum atomic E-state index is -0.275. The van der Waals surface area contributed by atoms with Crippen molar-refractivity contribution >= 4 is 5.57 Å². The predicted octanol–water partition coefficient (Wildman–Crippen LogP) is 2.87. The molecule has 3 rings (SSSR count). The molecule has 3 nitrogen and oxygen atoms in total. The van der Waals surface area contributed by atoms with Crippen molar-refractivity contribution in [2.45, 2.75) is 39.2 Å². The number of hydrogen-bond donors (Lipinski definition) is 2. The molecule has 19 heavy (non-hydrogen) atoms. The van der Waals surface area contributed by atoms with E-state index in [2.05, 4.69) is 32.2 Å². The molecular weight excluding hydrogens is 238 g/mol. The van der Waals surface area contributed by atoms with Crippen LogP contribution in [-0.2, 0) is 6.42 Å². The first-order chi connectivity index (χ1) is 9.03. The Morgan fingerprint density at radius 1 is 1.37 bits per heavy atom. The Morgan fingerprint density at radius 2 is 2.16 bits per heavy atom. The summed E-state index contributed by atoms with van der Waals surface area (Å²) in [5, 5.41) is 13.7. The molecule has 0 aliphatic carbocycles. The van der Waals surface area contributed by atoms with Crippen molar-refractivity contribution in [1.29, 1.82) is 0 Å². The van der Waals surface area contributed by atoms with Gasteiger partial charge < -0.3 is 15.2 Å². The van der Waals surface area contributed by atoms with E-state index in [0.29, 0.717) is 5.75 Å². The van der Waals surface area contributed by atoms with Gasteiger partial charge in [-0.15, -0.1) is 0 Å². The highest BCUT2D eigenvalue weighted by Crippen LogP contribution is 2.47. The number of ether oxygens (including phenoxy) is 1. The van der Waals surface area contributed by atoms with E-state index in [9.17, 15) is 5.11 Å². The number of aromatic hydroxyl groups is 1. The molecule has 0 atom stereocenters. The summed E-state index contributed by atoms with van der Waals surface area (Å²) in [6.07, 6.45) is 1.88. The van der Waals surface area contributed by atoms with Gasteiger partial charge in [0, 0.05) is 6.54 Å². The topological polar surface area (TPSA) is 41.5 Å². The third-order valence-corrected chi connectivity index (χ3v) is 4.16. The molecule has 2 heterocycles. The molecule has 102 valence electrons. The minimum Gasteiger partial charge on any atom is -0.507 e. The fraction of sp³-hybridized carbons (Fsp3) is 0.500. The van der Waals surface area contributed by atoms with E-state index in [1.807, 2.05) is 6.07 Å². The molecule has 0 spiro atoms. The van der Waals surface area contributed by atoms with Crippen LogP contribution >= 0.6 is 0 Å². The summed E-state index contributed by atoms with van der Waals surface area (Å²) in [6.45, 7) is 8.11. The smallest absolute Gasteiger partial charge is 0.132 e. The number of fused-ring (bicyclic) bond motifs is 2. The lowest BCUT2D eigenvalue weighted by Gasteiger charge is -2.40. The molecule has 0 bridgehead atoms. The van der Waals surface area contributed by atoms with Crippen molar-refractivity contribution in [3.05, 3.63) is 28.8 Å². The molecule has 3 heteroatoms. The van der Waals surface area contributed by atoms with Gasteiger partial charge in [0.1, 0.15) is 17.1 Å². The normalized spacial score (nSPS) is 20.6. The zero-order chi connectivity index (χ0) is 13.6. The molecule has 0 saturated carbocycles. The van der Waals surface area contributed by atoms with Crippen LogP contribution < -0.4 is 10.1 Å². The highest BCUT2D eigenvalue weighted by molar-refractivity contribution is 5.82. The van der Waals surface area contributed by atoms with Gasteiger partial charge in [-0.1, -0.05) is 6.92 Å². The third-order valence-electron chi connectivity index (χ3n) is 4.16. The van der Waals surface area contributed by atoms with Crippen molar-refractivity contribution in [3.63, 3.8) is 0 Å². The van der Waals surface area contributed by atoms with Crippen molar-refractivity contribution < 1.29 is 9.84 Å². The second-order valence-corrected chi connectivity index (χ2v) is 5.84. The summed E-state index contributed by atoms with van der Waals surface area (Å²) in [5.41, 5.74) is 4.26. The zero-order valence-corrected chi connectivity index (χ0v) is 11.8. The van der Waals surface area contributed by atoms with Gasteiger partial charge in [-0.2, -0.15) is 0 Å². The Hall–Kier alpha value is -1.48. The number of phenols is 1. The van der Waals surface area contributed by atoms with E-state index >= 15 is 0 Å². The second kappa shape index (κ2) is 4.27. The SMILES string of the molecule is CCc1cc(O)c2c(c1)OC(C)(C)C1=C2CNCC1. The van der Waals surface area contributed by atoms with Gasteiger partial charge in [-0.05, 0) is 62.1 Å². The van der Waals surface area contributed by atoms with E-state index in [0.717, 1.165) is 42.8 Å². The third kappa shape index (κ3) is 1.93. The van der Waals surface area contributed by atoms with E-state index in [4.69, 9.17) is 4.74 Å². The van der Waals surface area contributed by atoms with Crippen LogP contribution in [0, 0.1) is 0 Å². The molecule has 2 N–H and O–H groups in total. The first-order valence-electron chi connectivity index (χ1n) is 7.01. The van der Waals surface area contributed by atoms with Crippen LogP contribution in [-0.4, -0.2) is 23.8 Å². The summed E-state index contributed by atoms with van der Waals surface area (Å²) >= 11 is 0. The van der Waals surface area contributed by atoms with Gasteiger partial charge in [0.15, 0.2) is 0 Å². The Bertz CT molecular complexity index is 558. The molecule has 0 amide bonds. The second-order valence-electron chi connectivity index (χ2n) is 5.84. The average molecular weight is 259 g/mol. The largest absolute Gasteiger partial charge is 0.507 e. The molecular formula is C16H21NO2. The molecule has 1 aromatic carbocycles. The molecule has 0 unspecified atom stereocenters. The van der Waals surface area contributed by atoms with Crippen LogP contribution in [0.3, 0.4) is 0 Å². The quantitative estimate of drug-likeness (QED) is 0.815. The lowest BCUT2D eigenvalue weighted by atomic mass is 9.82. The summed E-state index contributed by atoms with van der Waals surface area (Å²) in [5.74, 6) is 1.17. The van der Waals surface area contributed by atoms with Gasteiger partial charge in [0.25, 0.3) is 0 Å². The average Bonchev–Trinajstić information content (AvgIpc) is 2.37. The van der Waals surface area contributed by atoms with Crippen LogP contribution in [0.1, 0.15) is 38.3 Å². The fourth-order valence-electron chi connectivity index (χ4n) is 3.17. The molecule has 2 aliphatic rings. The molecule has 0 aromatic heterocycles. The monoisotopic (exact) mass is 259 g/mol. The molecule has 2 aliphatic heterocycles. The highest BCUT2D eigenvalue weighted by Gasteiger charge is 2.37. The highest BCUT2D eigenvalue weighted by atomic mass is 16.5. The van der Waals surface area contributed by atoms with Gasteiger partial charge in [-0.3, -0.25) is 0 Å². The number of nitrogens with one attached hydrogen (secondary N) is 1. The van der Waals surface area contributed by atoms with Crippen molar-refractivity contribution in [3.8, 4) is 11.5 Å². The maximum Gasteiger partial charge on any atom is 0.132 e. The van der Waals surface area contributed by atoms with Crippen LogP contribution in [0.25, 0.3) is 5.57 Å². The van der Waals surface area contributed by atoms with Crippen LogP contribution in [0.15, 0.2) is 17.7 Å². The maximum absolute atomic E-state index is 10.3. The maximum atomic E-state index is 10.3. The predicted molar refractivity (Wildman–Crippen MR) is 76.6 cm³/mol. The Labute approximate surface area is 114 Å². The minimum absolute atomic E-state index is 0.275. The summed E-state index contributed by atoms with van der Waals surface area (Å²) in [4.78, 5) is 0. The van der Waals surface area contributed by atoms with Gasteiger partial charge in [-0.25, -0.2) is 0 Å².